The lowest BCUT2D eigenvalue weighted by molar-refractivity contribution is -0.157. The van der Waals surface area contributed by atoms with Gasteiger partial charge in [0.25, 0.3) is 0 Å². The molecule has 1 unspecified atom stereocenters. The van der Waals surface area contributed by atoms with E-state index in [-0.39, 0.29) is 89.8 Å². The van der Waals surface area contributed by atoms with E-state index in [0.29, 0.717) is 51.3 Å². The quantitative estimate of drug-likeness (QED) is 0.0182. The van der Waals surface area contributed by atoms with E-state index in [0.717, 1.165) is 6.42 Å². The fourth-order valence-corrected chi connectivity index (χ4v) is 12.1. The Hall–Kier alpha value is -10.8. The number of aliphatic hydroxyl groups is 1. The summed E-state index contributed by atoms with van der Waals surface area (Å²) in [6.07, 6.45) is 2.51. The van der Waals surface area contributed by atoms with Gasteiger partial charge in [0.15, 0.2) is 6.04 Å². The summed E-state index contributed by atoms with van der Waals surface area (Å²) in [7, 11) is 0. The van der Waals surface area contributed by atoms with E-state index < -0.39 is 181 Å². The van der Waals surface area contributed by atoms with Gasteiger partial charge >= 0.3 is 5.97 Å². The lowest BCUT2D eigenvalue weighted by Gasteiger charge is -2.30. The molecule has 3 aromatic carbocycles. The SMILES string of the molecule is CCC(C)CCC(=O)N[C@H](CC(N)=O)C(=O)N[C@@H](Cc1ccccc1)C(=O)N[C@H](Cc1c[nH]c2ccccc12)C(=O)N[C@H](CCCN)C(=O)N[C@@H](CCCN)C(=O)NCC(=O)N[C@H](CCCN)C(=O)N[C@@H](Cc1c[nH]c2ccccc12)C(=O)N[C@@H]1C(=O)N[C@@H]([C@@H](C)CC)C(=O)NCC(=O)N[C@@H](CO)C(=O)O[C@@H]1C. The van der Waals surface area contributed by atoms with Crippen molar-refractivity contribution in [2.75, 3.05) is 39.3 Å². The van der Waals surface area contributed by atoms with E-state index in [1.54, 1.807) is 99.0 Å². The molecular formula is C74H106N18O16. The topological polar surface area (TPSA) is 548 Å². The number of hydrogen-bond donors (Lipinski definition) is 19. The molecule has 3 heterocycles. The highest BCUT2D eigenvalue weighted by molar-refractivity contribution is 6.01. The number of aliphatic hydroxyl groups excluding tert-OH is 1. The molecule has 1 aliphatic rings. The van der Waals surface area contributed by atoms with Gasteiger partial charge in [0.05, 0.1) is 26.1 Å². The number of aromatic amines is 2. The second kappa shape index (κ2) is 43.7. The highest BCUT2D eigenvalue weighted by Crippen LogP contribution is 2.23. The number of carbonyl (C=O) groups excluding carboxylic acids is 14. The van der Waals surface area contributed by atoms with E-state index in [1.807, 2.05) is 19.9 Å². The average molecular weight is 1500 g/mol. The third-order valence-corrected chi connectivity index (χ3v) is 18.8. The highest BCUT2D eigenvalue weighted by atomic mass is 16.5. The van der Waals surface area contributed by atoms with Gasteiger partial charge in [0, 0.05) is 59.9 Å². The molecule has 23 N–H and O–H groups in total. The van der Waals surface area contributed by atoms with E-state index >= 15 is 0 Å². The minimum Gasteiger partial charge on any atom is -0.458 e. The van der Waals surface area contributed by atoms with Gasteiger partial charge in [-0.1, -0.05) is 107 Å². The number of amides is 13. The molecule has 0 bridgehead atoms. The van der Waals surface area contributed by atoms with Crippen molar-refractivity contribution in [3.8, 4) is 0 Å². The van der Waals surface area contributed by atoms with Crippen LogP contribution in [0.1, 0.15) is 122 Å². The van der Waals surface area contributed by atoms with Crippen LogP contribution in [0.3, 0.4) is 0 Å². The largest absolute Gasteiger partial charge is 0.458 e. The zero-order valence-electron chi connectivity index (χ0n) is 61.7. The maximum atomic E-state index is 15.0. The highest BCUT2D eigenvalue weighted by Gasteiger charge is 2.40. The third-order valence-electron chi connectivity index (χ3n) is 18.8. The summed E-state index contributed by atoms with van der Waals surface area (Å²) in [4.78, 5) is 202. The Morgan fingerprint density at radius 3 is 1.54 bits per heavy atom. The van der Waals surface area contributed by atoms with Crippen LogP contribution < -0.4 is 86.7 Å². The minimum atomic E-state index is -1.78. The Morgan fingerprint density at radius 2 is 1.02 bits per heavy atom. The summed E-state index contributed by atoms with van der Waals surface area (Å²) in [6.45, 7) is 6.41. The average Bonchev–Trinajstić information content (AvgIpc) is 1.62. The first kappa shape index (κ1) is 86.1. The lowest BCUT2D eigenvalue weighted by Crippen LogP contribution is -2.62. The van der Waals surface area contributed by atoms with Gasteiger partial charge in [0.1, 0.15) is 60.5 Å². The van der Waals surface area contributed by atoms with Crippen LogP contribution in [0.15, 0.2) is 91.3 Å². The number of benzene rings is 3. The molecule has 6 rings (SSSR count). The van der Waals surface area contributed by atoms with Gasteiger partial charge in [-0.15, -0.1) is 0 Å². The summed E-state index contributed by atoms with van der Waals surface area (Å²) in [6, 6.07) is 7.97. The van der Waals surface area contributed by atoms with Crippen molar-refractivity contribution in [1.82, 2.24) is 73.8 Å². The number of esters is 1. The van der Waals surface area contributed by atoms with Gasteiger partial charge in [-0.05, 0) is 112 Å². The predicted molar refractivity (Wildman–Crippen MR) is 399 cm³/mol. The summed E-state index contributed by atoms with van der Waals surface area (Å²) in [5.41, 5.74) is 26.4. The number of rotatable bonds is 41. The van der Waals surface area contributed by atoms with Crippen molar-refractivity contribution < 1.29 is 77.0 Å². The van der Waals surface area contributed by atoms with Gasteiger partial charge < -0.3 is 107 Å². The fraction of sp³-hybridized carbons (Fsp3) is 0.514. The molecule has 0 radical (unpaired) electrons. The Balaban J connectivity index is 1.22. The van der Waals surface area contributed by atoms with Crippen LogP contribution in [0.2, 0.25) is 0 Å². The van der Waals surface area contributed by atoms with Crippen molar-refractivity contribution in [2.24, 2.45) is 34.8 Å². The van der Waals surface area contributed by atoms with Crippen LogP contribution in [-0.2, 0) is 91.1 Å². The van der Waals surface area contributed by atoms with E-state index in [2.05, 4.69) is 73.8 Å². The van der Waals surface area contributed by atoms with Crippen molar-refractivity contribution in [3.05, 3.63) is 108 Å². The molecule has 1 fully saturated rings. The van der Waals surface area contributed by atoms with Crippen molar-refractivity contribution >= 4 is 105 Å². The Kier molecular flexibility index (Phi) is 34.8. The van der Waals surface area contributed by atoms with Crippen LogP contribution in [0.25, 0.3) is 21.8 Å². The molecule has 13 amide bonds. The van der Waals surface area contributed by atoms with Crippen LogP contribution in [0, 0.1) is 11.8 Å². The predicted octanol–water partition coefficient (Wildman–Crippen LogP) is -2.34. The Morgan fingerprint density at radius 1 is 0.546 bits per heavy atom. The van der Waals surface area contributed by atoms with Gasteiger partial charge in [-0.25, -0.2) is 4.79 Å². The number of ether oxygens (including phenoxy) is 1. The maximum Gasteiger partial charge on any atom is 0.331 e. The number of nitrogens with two attached hydrogens (primary N) is 4. The molecule has 5 aromatic rings. The number of cyclic esters (lactones) is 1. The standard InChI is InChI=1S/C74H106N18O16/c1-6-41(3)27-28-60(95)84-57(35-59(78)94)70(103)88-54(32-44-18-9-8-10-19-44)68(101)90-55(33-45-36-79-49-22-13-11-20-47(45)49)69(102)87-53(26-17-31-77)67(100)86-51(24-15-29-75)65(98)81-38-61(96)83-52(25-16-30-76)66(99)89-56(34-46-37-80-50-23-14-12-21-48(46)50)71(104)92-64-43(5)108-74(107)58(40-93)85-62(97)39-82-72(105)63(42(4)7-2)91-73(64)106/h8-14,18-23,36-37,41-43,51-58,63-64,79-80,93H,6-7,15-17,24-35,38-40,75-77H2,1-5H3,(H2,78,94)(H,81,98)(H,82,105)(H,83,96)(H,84,95)(H,85,97)(H,86,100)(H,87,102)(H,88,103)(H,89,99)(H,90,101)(H,91,106)(H,92,104)/t41?,42-,43+,51-,52+,53+,54-,55+,56-,57+,58-,63-,64-/m0/s1. The van der Waals surface area contributed by atoms with Gasteiger partial charge in [-0.3, -0.25) is 62.3 Å². The Bertz CT molecular complexity index is 3910. The monoisotopic (exact) mass is 1500 g/mol. The first-order chi connectivity index (χ1) is 51.7. The molecule has 0 saturated carbocycles. The molecule has 1 aliphatic heterocycles. The van der Waals surface area contributed by atoms with Crippen molar-refractivity contribution in [1.29, 1.82) is 0 Å². The first-order valence-corrected chi connectivity index (χ1v) is 36.6. The van der Waals surface area contributed by atoms with Crippen LogP contribution in [-0.4, -0.2) is 204 Å². The molecule has 588 valence electrons. The molecule has 13 atom stereocenters. The molecular weight excluding hydrogens is 1400 g/mol. The van der Waals surface area contributed by atoms with E-state index in [9.17, 15) is 72.2 Å². The molecule has 2 aromatic heterocycles. The fourth-order valence-electron chi connectivity index (χ4n) is 12.1. The number of para-hydroxylation sites is 2. The van der Waals surface area contributed by atoms with Crippen molar-refractivity contribution in [2.45, 2.75) is 191 Å². The second-order valence-corrected chi connectivity index (χ2v) is 27.1. The summed E-state index contributed by atoms with van der Waals surface area (Å²) < 4.78 is 5.57. The zero-order chi connectivity index (χ0) is 79.0. The molecule has 0 spiro atoms. The van der Waals surface area contributed by atoms with Gasteiger partial charge in [-0.2, -0.15) is 0 Å². The molecule has 34 heteroatoms. The van der Waals surface area contributed by atoms with Crippen molar-refractivity contribution in [3.63, 3.8) is 0 Å². The molecule has 34 nitrogen and oxygen atoms in total. The number of carbonyl (C=O) groups is 14. The lowest BCUT2D eigenvalue weighted by atomic mass is 9.97. The summed E-state index contributed by atoms with van der Waals surface area (Å²) in [5, 5.41) is 42.6. The minimum absolute atomic E-state index is 0.0338. The van der Waals surface area contributed by atoms with Crippen LogP contribution >= 0.6 is 0 Å². The zero-order valence-corrected chi connectivity index (χ0v) is 61.7. The second-order valence-electron chi connectivity index (χ2n) is 27.1. The number of primary amides is 1. The molecule has 0 aliphatic carbocycles. The van der Waals surface area contributed by atoms with Crippen LogP contribution in [0.5, 0.6) is 0 Å². The molecule has 1 saturated heterocycles. The molecule has 108 heavy (non-hydrogen) atoms. The number of aromatic nitrogens is 2. The Labute approximate surface area is 625 Å². The summed E-state index contributed by atoms with van der Waals surface area (Å²) in [5.74, 6) is -12.8. The first-order valence-electron chi connectivity index (χ1n) is 36.6. The van der Waals surface area contributed by atoms with Crippen LogP contribution in [0.4, 0.5) is 0 Å². The van der Waals surface area contributed by atoms with E-state index in [1.165, 1.54) is 6.92 Å². The third kappa shape index (κ3) is 26.6. The van der Waals surface area contributed by atoms with Gasteiger partial charge in [0.2, 0.25) is 76.8 Å². The number of nitrogens with one attached hydrogen (secondary N) is 14. The maximum absolute atomic E-state index is 15.0. The van der Waals surface area contributed by atoms with E-state index in [4.69, 9.17) is 27.7 Å². The summed E-state index contributed by atoms with van der Waals surface area (Å²) >= 11 is 0. The smallest absolute Gasteiger partial charge is 0.331 e. The number of H-pyrrole nitrogens is 2. The normalized spacial score (nSPS) is 18.0. The number of fused-ring (bicyclic) bond motifs is 2. The number of hydrogen-bond acceptors (Lipinski definition) is 19.